The highest BCUT2D eigenvalue weighted by Gasteiger charge is 2.46. The maximum absolute atomic E-state index is 12.8. The second-order valence-electron chi connectivity index (χ2n) is 6.44. The molecule has 2 rings (SSSR count). The van der Waals surface area contributed by atoms with Gasteiger partial charge in [0.05, 0.1) is 17.4 Å². The zero-order valence-corrected chi connectivity index (χ0v) is 12.3. The van der Waals surface area contributed by atoms with Crippen LogP contribution in [0.1, 0.15) is 58.3 Å². The smallest absolute Gasteiger partial charge is 0.305 e. The van der Waals surface area contributed by atoms with Crippen LogP contribution < -0.4 is 10.6 Å². The number of rotatable bonds is 6. The van der Waals surface area contributed by atoms with E-state index in [1.54, 1.807) is 0 Å². The van der Waals surface area contributed by atoms with Crippen molar-refractivity contribution in [1.29, 1.82) is 0 Å². The highest BCUT2D eigenvalue weighted by Crippen LogP contribution is 2.39. The van der Waals surface area contributed by atoms with Crippen LogP contribution in [-0.4, -0.2) is 35.6 Å². The molecule has 0 aromatic rings. The minimum absolute atomic E-state index is 0.0548. The van der Waals surface area contributed by atoms with Crippen LogP contribution in [0.2, 0.25) is 0 Å². The van der Waals surface area contributed by atoms with Crippen molar-refractivity contribution in [2.75, 3.05) is 13.1 Å². The molecule has 1 amide bonds. The maximum Gasteiger partial charge on any atom is 0.305 e. The van der Waals surface area contributed by atoms with Gasteiger partial charge in [0.25, 0.3) is 0 Å². The fourth-order valence-corrected chi connectivity index (χ4v) is 3.59. The van der Waals surface area contributed by atoms with Gasteiger partial charge < -0.3 is 15.7 Å². The van der Waals surface area contributed by atoms with Crippen LogP contribution in [0.15, 0.2) is 0 Å². The number of aliphatic carboxylic acids is 1. The summed E-state index contributed by atoms with van der Waals surface area (Å²) in [5.74, 6) is -0.735. The average molecular weight is 282 g/mol. The molecule has 0 aromatic carbocycles. The van der Waals surface area contributed by atoms with Gasteiger partial charge in [-0.05, 0) is 51.6 Å². The Morgan fingerprint density at radius 3 is 2.30 bits per heavy atom. The van der Waals surface area contributed by atoms with Gasteiger partial charge in [-0.3, -0.25) is 9.59 Å². The summed E-state index contributed by atoms with van der Waals surface area (Å²) in [6, 6.07) is 0. The number of hydrogen-bond donors (Lipinski definition) is 3. The number of nitrogens with one attached hydrogen (secondary N) is 2. The molecule has 3 N–H and O–H groups in total. The number of carboxylic acid groups (broad SMARTS) is 1. The molecular weight excluding hydrogens is 256 g/mol. The van der Waals surface area contributed by atoms with E-state index in [-0.39, 0.29) is 17.7 Å². The number of amides is 1. The topological polar surface area (TPSA) is 78.4 Å². The molecular formula is C15H26N2O3. The lowest BCUT2D eigenvalue weighted by Gasteiger charge is -2.45. The Labute approximate surface area is 120 Å². The Morgan fingerprint density at radius 1 is 1.20 bits per heavy atom. The van der Waals surface area contributed by atoms with Gasteiger partial charge in [-0.25, -0.2) is 0 Å². The first kappa shape index (κ1) is 15.3. The molecule has 2 aliphatic rings. The van der Waals surface area contributed by atoms with Crippen molar-refractivity contribution in [3.05, 3.63) is 0 Å². The summed E-state index contributed by atoms with van der Waals surface area (Å²) < 4.78 is 0. The van der Waals surface area contributed by atoms with Crippen molar-refractivity contribution in [2.24, 2.45) is 5.41 Å². The van der Waals surface area contributed by atoms with E-state index in [4.69, 9.17) is 5.11 Å². The summed E-state index contributed by atoms with van der Waals surface area (Å²) in [6.07, 6.45) is 6.25. The highest BCUT2D eigenvalue weighted by molar-refractivity contribution is 5.84. The summed E-state index contributed by atoms with van der Waals surface area (Å²) in [5.41, 5.74) is -0.768. The quantitative estimate of drug-likeness (QED) is 0.692. The van der Waals surface area contributed by atoms with Crippen LogP contribution in [0, 0.1) is 5.41 Å². The maximum atomic E-state index is 12.8. The molecule has 0 atom stereocenters. The minimum Gasteiger partial charge on any atom is -0.481 e. The minimum atomic E-state index is -0.820. The Balaban J connectivity index is 2.05. The highest BCUT2D eigenvalue weighted by atomic mass is 16.4. The van der Waals surface area contributed by atoms with Gasteiger partial charge in [0.2, 0.25) is 5.91 Å². The van der Waals surface area contributed by atoms with Crippen molar-refractivity contribution in [2.45, 2.75) is 63.8 Å². The van der Waals surface area contributed by atoms with Gasteiger partial charge in [-0.15, -0.1) is 0 Å². The van der Waals surface area contributed by atoms with Gasteiger partial charge in [-0.2, -0.15) is 0 Å². The van der Waals surface area contributed by atoms with E-state index in [1.165, 1.54) is 0 Å². The molecule has 1 saturated carbocycles. The van der Waals surface area contributed by atoms with E-state index in [9.17, 15) is 9.59 Å². The van der Waals surface area contributed by atoms with Crippen LogP contribution in [0.4, 0.5) is 0 Å². The van der Waals surface area contributed by atoms with Crippen LogP contribution in [0.5, 0.6) is 0 Å². The van der Waals surface area contributed by atoms with E-state index in [0.29, 0.717) is 0 Å². The molecule has 0 bridgehead atoms. The fourth-order valence-electron chi connectivity index (χ4n) is 3.59. The standard InChI is InChI=1S/C15H26N2O3/c1-2-4-14(7-9-16-10-8-14)13(20)17-15(5-3-6-15)11-12(18)19/h16H,2-11H2,1H3,(H,17,20)(H,18,19). The third-order valence-corrected chi connectivity index (χ3v) is 4.95. The van der Waals surface area contributed by atoms with E-state index < -0.39 is 11.5 Å². The lowest BCUT2D eigenvalue weighted by atomic mass is 9.70. The zero-order chi connectivity index (χ0) is 14.6. The summed E-state index contributed by atoms with van der Waals surface area (Å²) in [4.78, 5) is 23.8. The average Bonchev–Trinajstić information content (AvgIpc) is 2.37. The second kappa shape index (κ2) is 6.12. The molecule has 114 valence electrons. The number of carbonyl (C=O) groups is 2. The van der Waals surface area contributed by atoms with E-state index in [2.05, 4.69) is 17.6 Å². The van der Waals surface area contributed by atoms with E-state index in [0.717, 1.165) is 58.0 Å². The lowest BCUT2D eigenvalue weighted by molar-refractivity contribution is -0.142. The Bertz CT molecular complexity index is 366. The molecule has 0 aromatic heterocycles. The molecule has 1 aliphatic carbocycles. The van der Waals surface area contributed by atoms with Crippen LogP contribution in [0.25, 0.3) is 0 Å². The Morgan fingerprint density at radius 2 is 1.85 bits per heavy atom. The molecule has 0 radical (unpaired) electrons. The predicted octanol–water partition coefficient (Wildman–Crippen LogP) is 1.67. The summed E-state index contributed by atoms with van der Waals surface area (Å²) in [5, 5.41) is 15.5. The van der Waals surface area contributed by atoms with Gasteiger partial charge in [0.15, 0.2) is 0 Å². The van der Waals surface area contributed by atoms with Gasteiger partial charge >= 0.3 is 5.97 Å². The molecule has 0 unspecified atom stereocenters. The van der Waals surface area contributed by atoms with Crippen LogP contribution in [-0.2, 0) is 9.59 Å². The predicted molar refractivity (Wildman–Crippen MR) is 76.4 cm³/mol. The first-order chi connectivity index (χ1) is 9.52. The zero-order valence-electron chi connectivity index (χ0n) is 12.3. The Kier molecular flexibility index (Phi) is 4.68. The van der Waals surface area contributed by atoms with Crippen molar-refractivity contribution in [3.8, 4) is 0 Å². The molecule has 2 fully saturated rings. The van der Waals surface area contributed by atoms with Crippen LogP contribution >= 0.6 is 0 Å². The third-order valence-electron chi connectivity index (χ3n) is 4.95. The van der Waals surface area contributed by atoms with Crippen molar-refractivity contribution < 1.29 is 14.7 Å². The first-order valence-corrected chi connectivity index (χ1v) is 7.77. The number of carboxylic acids is 1. The molecule has 1 aliphatic heterocycles. The molecule has 5 heteroatoms. The Hall–Kier alpha value is -1.10. The summed E-state index contributed by atoms with van der Waals surface area (Å²) in [6.45, 7) is 3.85. The van der Waals surface area contributed by atoms with Crippen molar-refractivity contribution in [3.63, 3.8) is 0 Å². The molecule has 20 heavy (non-hydrogen) atoms. The van der Waals surface area contributed by atoms with Gasteiger partial charge in [0, 0.05) is 0 Å². The van der Waals surface area contributed by atoms with Gasteiger partial charge in [0.1, 0.15) is 0 Å². The third kappa shape index (κ3) is 3.14. The van der Waals surface area contributed by atoms with Gasteiger partial charge in [-0.1, -0.05) is 13.3 Å². The SMILES string of the molecule is CCCC1(C(=O)NC2(CC(=O)O)CCC2)CCNCC1. The molecule has 0 spiro atoms. The van der Waals surface area contributed by atoms with Crippen molar-refractivity contribution >= 4 is 11.9 Å². The first-order valence-electron chi connectivity index (χ1n) is 7.77. The fraction of sp³-hybridized carbons (Fsp3) is 0.867. The second-order valence-corrected chi connectivity index (χ2v) is 6.44. The number of hydrogen-bond acceptors (Lipinski definition) is 3. The number of piperidine rings is 1. The summed E-state index contributed by atoms with van der Waals surface area (Å²) in [7, 11) is 0. The van der Waals surface area contributed by atoms with E-state index >= 15 is 0 Å². The monoisotopic (exact) mass is 282 g/mol. The molecule has 1 saturated heterocycles. The number of carbonyl (C=O) groups excluding carboxylic acids is 1. The summed E-state index contributed by atoms with van der Waals surface area (Å²) >= 11 is 0. The van der Waals surface area contributed by atoms with E-state index in [1.807, 2.05) is 0 Å². The lowest BCUT2D eigenvalue weighted by Crippen LogP contribution is -2.59. The molecule has 1 heterocycles. The van der Waals surface area contributed by atoms with Crippen LogP contribution in [0.3, 0.4) is 0 Å². The largest absolute Gasteiger partial charge is 0.481 e. The normalized spacial score (nSPS) is 23.6. The molecule has 5 nitrogen and oxygen atoms in total. The van der Waals surface area contributed by atoms with Crippen molar-refractivity contribution in [1.82, 2.24) is 10.6 Å².